The standard InChI is InChI=1S/C24H29N2/c1-16-12-11-15-19-21(16)26-22(24(5,6)23(19,3)4)20(17(2)25(26)7)18-13-9-8-10-14-18/h8-15H,1-7H3/q+1. The van der Waals surface area contributed by atoms with Crippen LogP contribution in [0.25, 0.3) is 16.8 Å². The van der Waals surface area contributed by atoms with Crippen LogP contribution in [0.1, 0.15) is 50.2 Å². The molecule has 26 heavy (non-hydrogen) atoms. The zero-order chi connectivity index (χ0) is 18.9. The maximum absolute atomic E-state index is 2.47. The summed E-state index contributed by atoms with van der Waals surface area (Å²) in [7, 11) is 2.19. The lowest BCUT2D eigenvalue weighted by Crippen LogP contribution is -2.58. The third kappa shape index (κ3) is 1.96. The molecule has 134 valence electrons. The summed E-state index contributed by atoms with van der Waals surface area (Å²) in [5.74, 6) is 0. The molecule has 2 heteroatoms. The fourth-order valence-corrected chi connectivity index (χ4v) is 4.61. The Hall–Kier alpha value is -2.35. The second-order valence-corrected chi connectivity index (χ2v) is 8.73. The molecule has 4 rings (SSSR count). The van der Waals surface area contributed by atoms with E-state index in [0.717, 1.165) is 0 Å². The number of rotatable bonds is 1. The Morgan fingerprint density at radius 1 is 0.808 bits per heavy atom. The maximum atomic E-state index is 2.47. The van der Waals surface area contributed by atoms with Crippen LogP contribution >= 0.6 is 0 Å². The van der Waals surface area contributed by atoms with Crippen molar-refractivity contribution in [2.24, 2.45) is 7.05 Å². The minimum Gasteiger partial charge on any atom is -0.154 e. The zero-order valence-corrected chi connectivity index (χ0v) is 17.0. The van der Waals surface area contributed by atoms with Gasteiger partial charge in [0.15, 0.2) is 0 Å². The number of nitrogens with zero attached hydrogens (tertiary/aromatic N) is 2. The number of para-hydroxylation sites is 1. The van der Waals surface area contributed by atoms with Crippen molar-refractivity contribution in [3.05, 3.63) is 71.0 Å². The van der Waals surface area contributed by atoms with Crippen molar-refractivity contribution in [1.82, 2.24) is 4.68 Å². The molecule has 2 nitrogen and oxygen atoms in total. The van der Waals surface area contributed by atoms with Gasteiger partial charge >= 0.3 is 0 Å². The van der Waals surface area contributed by atoms with E-state index in [2.05, 4.69) is 106 Å². The summed E-state index contributed by atoms with van der Waals surface area (Å²) in [5.41, 5.74) is 9.53. The average molecular weight is 346 g/mol. The van der Waals surface area contributed by atoms with Crippen LogP contribution < -0.4 is 4.68 Å². The fourth-order valence-electron chi connectivity index (χ4n) is 4.61. The summed E-state index contributed by atoms with van der Waals surface area (Å²) in [6, 6.07) is 17.6. The number of benzene rings is 2. The first-order valence-corrected chi connectivity index (χ1v) is 9.47. The minimum atomic E-state index is -0.00894. The first-order valence-electron chi connectivity index (χ1n) is 9.47. The van der Waals surface area contributed by atoms with Gasteiger partial charge in [-0.3, -0.25) is 0 Å². The molecule has 0 N–H and O–H groups in total. The van der Waals surface area contributed by atoms with E-state index in [4.69, 9.17) is 0 Å². The molecule has 0 atom stereocenters. The van der Waals surface area contributed by atoms with E-state index < -0.39 is 0 Å². The molecule has 0 saturated heterocycles. The Labute approximate surface area is 157 Å². The number of aromatic nitrogens is 2. The van der Waals surface area contributed by atoms with Crippen molar-refractivity contribution in [2.45, 2.75) is 52.4 Å². The molecule has 0 saturated carbocycles. The van der Waals surface area contributed by atoms with E-state index in [-0.39, 0.29) is 10.8 Å². The summed E-state index contributed by atoms with van der Waals surface area (Å²) in [4.78, 5) is 0. The van der Waals surface area contributed by atoms with Gasteiger partial charge < -0.3 is 0 Å². The topological polar surface area (TPSA) is 8.81 Å². The van der Waals surface area contributed by atoms with E-state index in [1.165, 1.54) is 39.3 Å². The molecular formula is C24H29N2+. The van der Waals surface area contributed by atoms with Gasteiger partial charge in [-0.2, -0.15) is 4.68 Å². The zero-order valence-electron chi connectivity index (χ0n) is 17.0. The molecular weight excluding hydrogens is 316 g/mol. The smallest absolute Gasteiger partial charge is 0.154 e. The fraction of sp³-hybridized carbons (Fsp3) is 0.375. The van der Waals surface area contributed by atoms with Crippen LogP contribution in [0.3, 0.4) is 0 Å². The summed E-state index contributed by atoms with van der Waals surface area (Å²) in [6.45, 7) is 14.1. The van der Waals surface area contributed by atoms with Gasteiger partial charge in [0.2, 0.25) is 11.4 Å². The van der Waals surface area contributed by atoms with Crippen molar-refractivity contribution in [3.8, 4) is 16.8 Å². The van der Waals surface area contributed by atoms with Gasteiger partial charge in [0.25, 0.3) is 0 Å². The van der Waals surface area contributed by atoms with Gasteiger partial charge in [0, 0.05) is 16.5 Å². The summed E-state index contributed by atoms with van der Waals surface area (Å²) in [5, 5.41) is 0. The van der Waals surface area contributed by atoms with Crippen molar-refractivity contribution in [1.29, 1.82) is 0 Å². The Morgan fingerprint density at radius 2 is 1.46 bits per heavy atom. The predicted molar refractivity (Wildman–Crippen MR) is 108 cm³/mol. The lowest BCUT2D eigenvalue weighted by atomic mass is 9.59. The molecule has 2 heterocycles. The summed E-state index contributed by atoms with van der Waals surface area (Å²) < 4.78 is 4.80. The molecule has 0 spiro atoms. The summed E-state index contributed by atoms with van der Waals surface area (Å²) in [6.07, 6.45) is 0. The van der Waals surface area contributed by atoms with Crippen LogP contribution in [0.5, 0.6) is 0 Å². The Kier molecular flexibility index (Phi) is 3.50. The van der Waals surface area contributed by atoms with E-state index in [1.54, 1.807) is 0 Å². The molecule has 0 aliphatic carbocycles. The molecule has 0 bridgehead atoms. The molecule has 1 aromatic heterocycles. The number of fused-ring (bicyclic) bond motifs is 3. The first-order chi connectivity index (χ1) is 12.2. The van der Waals surface area contributed by atoms with Crippen LogP contribution in [0, 0.1) is 13.8 Å². The van der Waals surface area contributed by atoms with Crippen molar-refractivity contribution < 1.29 is 4.68 Å². The number of aryl methyl sites for hydroxylation is 1. The highest BCUT2D eigenvalue weighted by atomic mass is 15.4. The Morgan fingerprint density at radius 3 is 2.12 bits per heavy atom. The second-order valence-electron chi connectivity index (χ2n) is 8.73. The molecule has 1 aliphatic heterocycles. The van der Waals surface area contributed by atoms with Crippen LogP contribution in [-0.2, 0) is 17.9 Å². The largest absolute Gasteiger partial charge is 0.242 e. The molecule has 1 aliphatic rings. The monoisotopic (exact) mass is 345 g/mol. The highest BCUT2D eigenvalue weighted by Gasteiger charge is 2.55. The quantitative estimate of drug-likeness (QED) is 0.539. The lowest BCUT2D eigenvalue weighted by molar-refractivity contribution is -0.697. The van der Waals surface area contributed by atoms with Crippen LogP contribution in [0.2, 0.25) is 0 Å². The average Bonchev–Trinajstić information content (AvgIpc) is 2.87. The Bertz CT molecular complexity index is 1000. The highest BCUT2D eigenvalue weighted by Crippen LogP contribution is 2.50. The van der Waals surface area contributed by atoms with E-state index in [1.807, 2.05) is 0 Å². The molecule has 3 aromatic rings. The van der Waals surface area contributed by atoms with Crippen LogP contribution in [-0.4, -0.2) is 4.68 Å². The van der Waals surface area contributed by atoms with Gasteiger partial charge in [-0.05, 0) is 33.3 Å². The van der Waals surface area contributed by atoms with Gasteiger partial charge in [-0.25, -0.2) is 0 Å². The van der Waals surface area contributed by atoms with Crippen molar-refractivity contribution >= 4 is 0 Å². The van der Waals surface area contributed by atoms with E-state index in [9.17, 15) is 0 Å². The molecule has 2 aromatic carbocycles. The molecule has 0 amide bonds. The highest BCUT2D eigenvalue weighted by molar-refractivity contribution is 5.70. The lowest BCUT2D eigenvalue weighted by Gasteiger charge is -2.42. The second kappa shape index (κ2) is 5.33. The van der Waals surface area contributed by atoms with E-state index >= 15 is 0 Å². The predicted octanol–water partition coefficient (Wildman–Crippen LogP) is 5.15. The van der Waals surface area contributed by atoms with Crippen molar-refractivity contribution in [3.63, 3.8) is 0 Å². The summed E-state index contributed by atoms with van der Waals surface area (Å²) >= 11 is 0. The van der Waals surface area contributed by atoms with Gasteiger partial charge in [0.1, 0.15) is 0 Å². The van der Waals surface area contributed by atoms with Gasteiger partial charge in [0.05, 0.1) is 23.7 Å². The number of hydrogen-bond donors (Lipinski definition) is 0. The maximum Gasteiger partial charge on any atom is 0.242 e. The first kappa shape index (κ1) is 17.1. The SMILES string of the molecule is Cc1cccc2c1-[n+]1c(c(-c3ccccc3)c(C)n1C)C(C)(C)C2(C)C. The van der Waals surface area contributed by atoms with Gasteiger partial charge in [-0.1, -0.05) is 67.1 Å². The number of hydrogen-bond acceptors (Lipinski definition) is 0. The Balaban J connectivity index is 2.21. The third-order valence-corrected chi connectivity index (χ3v) is 6.94. The minimum absolute atomic E-state index is 0.00894. The van der Waals surface area contributed by atoms with Crippen LogP contribution in [0.15, 0.2) is 48.5 Å². The normalized spacial score (nSPS) is 16.9. The van der Waals surface area contributed by atoms with Gasteiger partial charge in [-0.15, -0.1) is 0 Å². The molecule has 0 fully saturated rings. The third-order valence-electron chi connectivity index (χ3n) is 6.94. The molecule has 0 unspecified atom stereocenters. The van der Waals surface area contributed by atoms with Crippen LogP contribution in [0.4, 0.5) is 0 Å². The van der Waals surface area contributed by atoms with E-state index in [0.29, 0.717) is 0 Å². The molecule has 0 radical (unpaired) electrons. The van der Waals surface area contributed by atoms with Crippen molar-refractivity contribution in [2.75, 3.05) is 0 Å².